The average molecular weight is 260 g/mol. The van der Waals surface area contributed by atoms with E-state index in [9.17, 15) is 0 Å². The molecule has 2 nitrogen and oxygen atoms in total. The van der Waals surface area contributed by atoms with Gasteiger partial charge in [-0.3, -0.25) is 0 Å². The fraction of sp³-hybridized carbons (Fsp3) is 0.647. The van der Waals surface area contributed by atoms with E-state index in [1.54, 1.807) is 0 Å². The second-order valence-electron chi connectivity index (χ2n) is 6.34. The van der Waals surface area contributed by atoms with Crippen LogP contribution in [0.25, 0.3) is 0 Å². The van der Waals surface area contributed by atoms with E-state index in [0.29, 0.717) is 6.04 Å². The SMILES string of the molecule is Cc1cc(C)c(C)c(C(CNC2CC2)N(C)C)c1C. The third-order valence-electron chi connectivity index (χ3n) is 4.56. The van der Waals surface area contributed by atoms with E-state index in [1.165, 1.54) is 40.7 Å². The second-order valence-corrected chi connectivity index (χ2v) is 6.34. The molecular weight excluding hydrogens is 232 g/mol. The molecule has 106 valence electrons. The zero-order valence-electron chi connectivity index (χ0n) is 13.3. The van der Waals surface area contributed by atoms with Crippen LogP contribution in [0.4, 0.5) is 0 Å². The summed E-state index contributed by atoms with van der Waals surface area (Å²) in [7, 11) is 4.38. The summed E-state index contributed by atoms with van der Waals surface area (Å²) in [4.78, 5) is 2.35. The Balaban J connectivity index is 2.33. The van der Waals surface area contributed by atoms with Gasteiger partial charge in [-0.1, -0.05) is 6.07 Å². The number of hydrogen-bond donors (Lipinski definition) is 1. The van der Waals surface area contributed by atoms with Gasteiger partial charge in [-0.05, 0) is 82.4 Å². The summed E-state index contributed by atoms with van der Waals surface area (Å²) < 4.78 is 0. The lowest BCUT2D eigenvalue weighted by Crippen LogP contribution is -2.33. The summed E-state index contributed by atoms with van der Waals surface area (Å²) in [6.45, 7) is 10.1. The number of benzene rings is 1. The summed E-state index contributed by atoms with van der Waals surface area (Å²) in [5, 5.41) is 3.69. The maximum absolute atomic E-state index is 3.69. The van der Waals surface area contributed by atoms with Gasteiger partial charge < -0.3 is 10.2 Å². The normalized spacial score (nSPS) is 17.0. The fourth-order valence-electron chi connectivity index (χ4n) is 2.86. The van der Waals surface area contributed by atoms with Crippen LogP contribution in [0.5, 0.6) is 0 Å². The molecule has 0 saturated heterocycles. The van der Waals surface area contributed by atoms with Crippen molar-refractivity contribution in [3.8, 4) is 0 Å². The molecule has 1 aliphatic rings. The Hall–Kier alpha value is -0.860. The van der Waals surface area contributed by atoms with Crippen molar-refractivity contribution in [3.63, 3.8) is 0 Å². The molecule has 0 aliphatic heterocycles. The van der Waals surface area contributed by atoms with Gasteiger partial charge in [-0.15, -0.1) is 0 Å². The van der Waals surface area contributed by atoms with Gasteiger partial charge in [0.15, 0.2) is 0 Å². The molecule has 0 aromatic heterocycles. The Bertz CT molecular complexity index is 433. The predicted octanol–water partition coefficient (Wildman–Crippen LogP) is 3.27. The van der Waals surface area contributed by atoms with Crippen LogP contribution in [-0.2, 0) is 0 Å². The van der Waals surface area contributed by atoms with Crippen molar-refractivity contribution in [1.29, 1.82) is 0 Å². The minimum atomic E-state index is 0.471. The first-order valence-electron chi connectivity index (χ1n) is 7.39. The van der Waals surface area contributed by atoms with Gasteiger partial charge in [0.2, 0.25) is 0 Å². The molecular formula is C17H28N2. The minimum Gasteiger partial charge on any atom is -0.312 e. The van der Waals surface area contributed by atoms with Gasteiger partial charge >= 0.3 is 0 Å². The highest BCUT2D eigenvalue weighted by atomic mass is 15.1. The number of nitrogens with one attached hydrogen (secondary N) is 1. The molecule has 0 bridgehead atoms. The van der Waals surface area contributed by atoms with Crippen LogP contribution < -0.4 is 5.32 Å². The van der Waals surface area contributed by atoms with Crippen LogP contribution in [0.3, 0.4) is 0 Å². The lowest BCUT2D eigenvalue weighted by molar-refractivity contribution is 0.286. The Kier molecular flexibility index (Phi) is 4.32. The smallest absolute Gasteiger partial charge is 0.0472 e. The lowest BCUT2D eigenvalue weighted by atomic mass is 9.89. The molecule has 2 rings (SSSR count). The summed E-state index contributed by atoms with van der Waals surface area (Å²) in [5.74, 6) is 0. The lowest BCUT2D eigenvalue weighted by Gasteiger charge is -2.30. The van der Waals surface area contributed by atoms with E-state index in [1.807, 2.05) is 0 Å². The molecule has 0 heterocycles. The van der Waals surface area contributed by atoms with Crippen LogP contribution in [0, 0.1) is 27.7 Å². The second kappa shape index (κ2) is 5.64. The topological polar surface area (TPSA) is 15.3 Å². The number of nitrogens with zero attached hydrogens (tertiary/aromatic N) is 1. The largest absolute Gasteiger partial charge is 0.312 e. The highest BCUT2D eigenvalue weighted by Crippen LogP contribution is 2.30. The van der Waals surface area contributed by atoms with Gasteiger partial charge in [0, 0.05) is 18.6 Å². The molecule has 0 amide bonds. The van der Waals surface area contributed by atoms with E-state index in [2.05, 4.69) is 58.1 Å². The van der Waals surface area contributed by atoms with Crippen LogP contribution >= 0.6 is 0 Å². The van der Waals surface area contributed by atoms with Crippen molar-refractivity contribution < 1.29 is 0 Å². The van der Waals surface area contributed by atoms with E-state index < -0.39 is 0 Å². The molecule has 1 saturated carbocycles. The Morgan fingerprint density at radius 3 is 2.05 bits per heavy atom. The molecule has 1 N–H and O–H groups in total. The standard InChI is InChI=1S/C17H28N2/c1-11-9-12(2)14(4)17(13(11)3)16(19(5)6)10-18-15-7-8-15/h9,15-16,18H,7-8,10H2,1-6H3. The van der Waals surface area contributed by atoms with E-state index in [4.69, 9.17) is 0 Å². The third-order valence-corrected chi connectivity index (χ3v) is 4.56. The molecule has 2 heteroatoms. The number of rotatable bonds is 5. The van der Waals surface area contributed by atoms with Crippen molar-refractivity contribution in [2.75, 3.05) is 20.6 Å². The number of hydrogen-bond acceptors (Lipinski definition) is 2. The molecule has 1 atom stereocenters. The average Bonchev–Trinajstić information content (AvgIpc) is 3.14. The Labute approximate surface area is 118 Å². The zero-order chi connectivity index (χ0) is 14.2. The molecule has 1 fully saturated rings. The molecule has 19 heavy (non-hydrogen) atoms. The van der Waals surface area contributed by atoms with E-state index in [0.717, 1.165) is 12.6 Å². The van der Waals surface area contributed by atoms with Crippen molar-refractivity contribution in [2.24, 2.45) is 0 Å². The summed E-state index contributed by atoms with van der Waals surface area (Å²) in [6.07, 6.45) is 2.70. The quantitative estimate of drug-likeness (QED) is 0.874. The van der Waals surface area contributed by atoms with Gasteiger partial charge in [0.05, 0.1) is 0 Å². The minimum absolute atomic E-state index is 0.471. The van der Waals surface area contributed by atoms with Crippen molar-refractivity contribution in [1.82, 2.24) is 10.2 Å². The summed E-state index contributed by atoms with van der Waals surface area (Å²) in [6, 6.07) is 3.56. The van der Waals surface area contributed by atoms with Crippen LogP contribution in [0.15, 0.2) is 6.07 Å². The van der Waals surface area contributed by atoms with Crippen LogP contribution in [0.2, 0.25) is 0 Å². The molecule has 0 spiro atoms. The van der Waals surface area contributed by atoms with Gasteiger partial charge in [-0.2, -0.15) is 0 Å². The maximum Gasteiger partial charge on any atom is 0.0472 e. The molecule has 0 radical (unpaired) electrons. The Morgan fingerprint density at radius 2 is 1.63 bits per heavy atom. The molecule has 1 aliphatic carbocycles. The van der Waals surface area contributed by atoms with Gasteiger partial charge in [-0.25, -0.2) is 0 Å². The highest BCUT2D eigenvalue weighted by molar-refractivity contribution is 5.45. The number of aryl methyl sites for hydroxylation is 2. The number of likely N-dealkylation sites (N-methyl/N-ethyl adjacent to an activating group) is 1. The molecule has 1 aromatic rings. The van der Waals surface area contributed by atoms with Crippen molar-refractivity contribution >= 4 is 0 Å². The first kappa shape index (κ1) is 14.5. The van der Waals surface area contributed by atoms with Gasteiger partial charge in [0.1, 0.15) is 0 Å². The van der Waals surface area contributed by atoms with Crippen molar-refractivity contribution in [2.45, 2.75) is 52.6 Å². The maximum atomic E-state index is 3.69. The fourth-order valence-corrected chi connectivity index (χ4v) is 2.86. The first-order valence-corrected chi connectivity index (χ1v) is 7.39. The predicted molar refractivity (Wildman–Crippen MR) is 82.8 cm³/mol. The first-order chi connectivity index (χ1) is 8.91. The monoisotopic (exact) mass is 260 g/mol. The highest BCUT2D eigenvalue weighted by Gasteiger charge is 2.25. The Morgan fingerprint density at radius 1 is 1.11 bits per heavy atom. The third kappa shape index (κ3) is 3.18. The van der Waals surface area contributed by atoms with Crippen LogP contribution in [-0.4, -0.2) is 31.6 Å². The van der Waals surface area contributed by atoms with Crippen LogP contribution in [0.1, 0.15) is 46.7 Å². The molecule has 1 aromatic carbocycles. The van der Waals surface area contributed by atoms with E-state index >= 15 is 0 Å². The van der Waals surface area contributed by atoms with E-state index in [-0.39, 0.29) is 0 Å². The van der Waals surface area contributed by atoms with Gasteiger partial charge in [0.25, 0.3) is 0 Å². The zero-order valence-corrected chi connectivity index (χ0v) is 13.3. The summed E-state index contributed by atoms with van der Waals surface area (Å²) >= 11 is 0. The van der Waals surface area contributed by atoms with Crippen molar-refractivity contribution in [3.05, 3.63) is 33.9 Å². The molecule has 1 unspecified atom stereocenters. The summed E-state index contributed by atoms with van der Waals surface area (Å²) in [5.41, 5.74) is 7.27.